The van der Waals surface area contributed by atoms with E-state index in [2.05, 4.69) is 20.9 Å². The number of nitrogens with zero attached hydrogens (tertiary/aromatic N) is 1. The van der Waals surface area contributed by atoms with E-state index in [1.54, 1.807) is 0 Å². The molecule has 1 nitrogen and oxygen atoms in total. The van der Waals surface area contributed by atoms with Crippen molar-refractivity contribution in [1.29, 1.82) is 0 Å². The lowest BCUT2D eigenvalue weighted by molar-refractivity contribution is 0.437. The van der Waals surface area contributed by atoms with Crippen LogP contribution in [0.15, 0.2) is 4.60 Å². The highest BCUT2D eigenvalue weighted by Gasteiger charge is 2.17. The molecule has 0 saturated heterocycles. The van der Waals surface area contributed by atoms with Crippen molar-refractivity contribution in [3.63, 3.8) is 0 Å². The summed E-state index contributed by atoms with van der Waals surface area (Å²) in [5.74, 6) is -4.49. The van der Waals surface area contributed by atoms with Crippen molar-refractivity contribution < 1.29 is 13.2 Å². The number of aromatic nitrogens is 1. The monoisotopic (exact) mass is 245 g/mol. The van der Waals surface area contributed by atoms with Crippen LogP contribution in [0.2, 0.25) is 5.15 Å². The molecule has 0 fully saturated rings. The molecule has 0 spiro atoms. The average molecular weight is 246 g/mol. The van der Waals surface area contributed by atoms with Crippen molar-refractivity contribution >= 4 is 27.5 Å². The smallest absolute Gasteiger partial charge is 0.200 e. The lowest BCUT2D eigenvalue weighted by Gasteiger charge is -1.97. The van der Waals surface area contributed by atoms with E-state index < -0.39 is 27.2 Å². The maximum absolute atomic E-state index is 12.4. The van der Waals surface area contributed by atoms with Gasteiger partial charge in [0.1, 0.15) is 4.60 Å². The van der Waals surface area contributed by atoms with E-state index in [1.165, 1.54) is 0 Å². The Morgan fingerprint density at radius 2 is 1.64 bits per heavy atom. The number of hydrogen-bond donors (Lipinski definition) is 0. The Hall–Kier alpha value is -0.290. The molecule has 0 unspecified atom stereocenters. The molecule has 60 valence electrons. The highest BCUT2D eigenvalue weighted by atomic mass is 79.9. The molecule has 0 aromatic carbocycles. The molecule has 0 atom stereocenters. The topological polar surface area (TPSA) is 12.9 Å². The summed E-state index contributed by atoms with van der Waals surface area (Å²) in [6.45, 7) is 0. The summed E-state index contributed by atoms with van der Waals surface area (Å²) in [4.78, 5) is 3.13. The normalized spacial score (nSPS) is 10.3. The Morgan fingerprint density at radius 1 is 1.09 bits per heavy atom. The molecular weight excluding hydrogens is 246 g/mol. The fraction of sp³-hybridized carbons (Fsp3) is 0. The quantitative estimate of drug-likeness (QED) is 0.641. The van der Waals surface area contributed by atoms with Crippen molar-refractivity contribution in [2.75, 3.05) is 0 Å². The minimum atomic E-state index is -1.63. The molecule has 11 heavy (non-hydrogen) atoms. The molecule has 0 amide bonds. The third-order valence-corrected chi connectivity index (χ3v) is 1.72. The first-order chi connectivity index (χ1) is 5.04. The summed E-state index contributed by atoms with van der Waals surface area (Å²) in [7, 11) is 0. The van der Waals surface area contributed by atoms with E-state index in [9.17, 15) is 13.2 Å². The number of hydrogen-bond acceptors (Lipinski definition) is 1. The first-order valence-corrected chi connectivity index (χ1v) is 3.56. The zero-order valence-corrected chi connectivity index (χ0v) is 7.18. The molecule has 0 bridgehead atoms. The van der Waals surface area contributed by atoms with E-state index in [-0.39, 0.29) is 0 Å². The lowest BCUT2D eigenvalue weighted by atomic mass is 10.4. The van der Waals surface area contributed by atoms with Crippen LogP contribution in [0.1, 0.15) is 0 Å². The van der Waals surface area contributed by atoms with Gasteiger partial charge in [0.25, 0.3) is 0 Å². The molecule has 1 rings (SSSR count). The maximum atomic E-state index is 12.4. The van der Waals surface area contributed by atoms with Gasteiger partial charge in [-0.15, -0.1) is 0 Å². The van der Waals surface area contributed by atoms with Crippen LogP contribution < -0.4 is 0 Å². The summed E-state index contributed by atoms with van der Waals surface area (Å²) in [6, 6.07) is 0. The Balaban J connectivity index is 3.46. The van der Waals surface area contributed by atoms with Crippen LogP contribution in [0.4, 0.5) is 13.2 Å². The Kier molecular flexibility index (Phi) is 2.39. The lowest BCUT2D eigenvalue weighted by Crippen LogP contribution is -1.96. The molecular formula is C5BrClF3N. The van der Waals surface area contributed by atoms with Crippen LogP contribution in [-0.2, 0) is 0 Å². The highest BCUT2D eigenvalue weighted by molar-refractivity contribution is 9.10. The summed E-state index contributed by atoms with van der Waals surface area (Å²) in [5, 5.41) is -0.698. The van der Waals surface area contributed by atoms with Crippen molar-refractivity contribution in [1.82, 2.24) is 4.98 Å². The predicted octanol–water partition coefficient (Wildman–Crippen LogP) is 2.91. The average Bonchev–Trinajstić information content (AvgIpc) is 1.97. The fourth-order valence-electron chi connectivity index (χ4n) is 0.462. The maximum Gasteiger partial charge on any atom is 0.200 e. The van der Waals surface area contributed by atoms with Gasteiger partial charge >= 0.3 is 0 Å². The van der Waals surface area contributed by atoms with Crippen molar-refractivity contribution in [2.45, 2.75) is 0 Å². The van der Waals surface area contributed by atoms with E-state index in [0.717, 1.165) is 0 Å². The molecule has 0 aliphatic rings. The van der Waals surface area contributed by atoms with Gasteiger partial charge in [0.05, 0.1) is 0 Å². The summed E-state index contributed by atoms with van der Waals surface area (Å²) < 4.78 is 36.6. The zero-order chi connectivity index (χ0) is 8.59. The minimum Gasteiger partial charge on any atom is -0.223 e. The van der Waals surface area contributed by atoms with Crippen molar-refractivity contribution in [3.8, 4) is 0 Å². The second-order valence-corrected chi connectivity index (χ2v) is 2.74. The number of rotatable bonds is 0. The van der Waals surface area contributed by atoms with Gasteiger partial charge < -0.3 is 0 Å². The largest absolute Gasteiger partial charge is 0.223 e. The molecule has 0 saturated carbocycles. The van der Waals surface area contributed by atoms with E-state index in [4.69, 9.17) is 11.6 Å². The highest BCUT2D eigenvalue weighted by Crippen LogP contribution is 2.22. The number of pyridine rings is 1. The summed E-state index contributed by atoms with van der Waals surface area (Å²) in [6.07, 6.45) is 0. The predicted molar refractivity (Wildman–Crippen MR) is 36.8 cm³/mol. The van der Waals surface area contributed by atoms with E-state index >= 15 is 0 Å². The van der Waals surface area contributed by atoms with Gasteiger partial charge in [-0.05, 0) is 15.9 Å². The molecule has 0 aliphatic heterocycles. The van der Waals surface area contributed by atoms with Crippen molar-refractivity contribution in [2.24, 2.45) is 0 Å². The molecule has 1 aromatic rings. The second kappa shape index (κ2) is 2.98. The van der Waals surface area contributed by atoms with Crippen LogP contribution >= 0.6 is 27.5 Å². The SMILES string of the molecule is Fc1c(Cl)nc(Br)c(F)c1F. The minimum absolute atomic E-state index is 0.443. The third-order valence-electron chi connectivity index (χ3n) is 0.944. The fourth-order valence-corrected chi connectivity index (χ4v) is 1.08. The Labute approximate surface area is 73.3 Å². The number of halogens is 5. The van der Waals surface area contributed by atoms with Crippen LogP contribution in [0, 0.1) is 17.5 Å². The first kappa shape index (κ1) is 8.80. The van der Waals surface area contributed by atoms with Crippen LogP contribution in [0.3, 0.4) is 0 Å². The van der Waals surface area contributed by atoms with Gasteiger partial charge in [0.2, 0.25) is 0 Å². The van der Waals surface area contributed by atoms with E-state index in [0.29, 0.717) is 0 Å². The molecule has 0 aliphatic carbocycles. The van der Waals surface area contributed by atoms with Gasteiger partial charge in [-0.1, -0.05) is 11.6 Å². The van der Waals surface area contributed by atoms with Gasteiger partial charge in [-0.3, -0.25) is 0 Å². The van der Waals surface area contributed by atoms with Gasteiger partial charge in [-0.2, -0.15) is 0 Å². The summed E-state index contributed by atoms with van der Waals surface area (Å²) >= 11 is 7.62. The van der Waals surface area contributed by atoms with Crippen LogP contribution in [0.5, 0.6) is 0 Å². The molecule has 1 heterocycles. The molecule has 0 N–H and O–H groups in total. The van der Waals surface area contributed by atoms with Crippen LogP contribution in [0.25, 0.3) is 0 Å². The second-order valence-electron chi connectivity index (χ2n) is 1.64. The van der Waals surface area contributed by atoms with Gasteiger partial charge in [0.15, 0.2) is 22.6 Å². The standard InChI is InChI=1S/C5BrClF3N/c6-4-2(9)1(8)3(10)5(7)11-4. The zero-order valence-electron chi connectivity index (χ0n) is 4.84. The van der Waals surface area contributed by atoms with Gasteiger partial charge in [-0.25, -0.2) is 18.2 Å². The molecule has 1 aromatic heterocycles. The third kappa shape index (κ3) is 1.49. The van der Waals surface area contributed by atoms with E-state index in [1.807, 2.05) is 0 Å². The summed E-state index contributed by atoms with van der Waals surface area (Å²) in [5.41, 5.74) is 0. The Bertz CT molecular complexity index is 278. The Morgan fingerprint density at radius 3 is 2.18 bits per heavy atom. The van der Waals surface area contributed by atoms with Crippen LogP contribution in [-0.4, -0.2) is 4.98 Å². The molecule has 6 heteroatoms. The first-order valence-electron chi connectivity index (χ1n) is 2.39. The molecule has 0 radical (unpaired) electrons. The van der Waals surface area contributed by atoms with Crippen molar-refractivity contribution in [3.05, 3.63) is 27.2 Å². The van der Waals surface area contributed by atoms with Gasteiger partial charge in [0, 0.05) is 0 Å².